The SMILES string of the molecule is CCC(CC)(NC(=O)[C@H]1CC(=O)N(CC(F)(F)F)C1)c1ccc(Cl)cc1. The van der Waals surface area contributed by atoms with Crippen LogP contribution in [0.5, 0.6) is 0 Å². The van der Waals surface area contributed by atoms with E-state index in [0.29, 0.717) is 22.8 Å². The fourth-order valence-corrected chi connectivity index (χ4v) is 3.46. The van der Waals surface area contributed by atoms with Gasteiger partial charge in [-0.25, -0.2) is 0 Å². The van der Waals surface area contributed by atoms with Gasteiger partial charge in [-0.1, -0.05) is 37.6 Å². The zero-order chi connectivity index (χ0) is 19.5. The van der Waals surface area contributed by atoms with Crippen LogP contribution in [0.2, 0.25) is 5.02 Å². The van der Waals surface area contributed by atoms with Crippen LogP contribution in [0.1, 0.15) is 38.7 Å². The molecule has 8 heteroatoms. The molecule has 1 saturated heterocycles. The predicted octanol–water partition coefficient (Wildman–Crippen LogP) is 3.88. The van der Waals surface area contributed by atoms with Gasteiger partial charge in [-0.05, 0) is 30.5 Å². The molecule has 2 amide bonds. The summed E-state index contributed by atoms with van der Waals surface area (Å²) in [6, 6.07) is 7.11. The number of alkyl halides is 3. The largest absolute Gasteiger partial charge is 0.406 e. The van der Waals surface area contributed by atoms with E-state index in [2.05, 4.69) is 5.32 Å². The first kappa shape index (κ1) is 20.6. The lowest BCUT2D eigenvalue weighted by molar-refractivity contribution is -0.157. The van der Waals surface area contributed by atoms with E-state index < -0.39 is 36.0 Å². The Bertz CT molecular complexity index is 657. The Balaban J connectivity index is 2.13. The third-order valence-corrected chi connectivity index (χ3v) is 5.17. The first-order valence-corrected chi connectivity index (χ1v) is 8.90. The Morgan fingerprint density at radius 1 is 1.23 bits per heavy atom. The minimum absolute atomic E-state index is 0.202. The van der Waals surface area contributed by atoms with Gasteiger partial charge in [0, 0.05) is 18.0 Å². The van der Waals surface area contributed by atoms with E-state index in [1.807, 2.05) is 26.0 Å². The molecule has 0 bridgehead atoms. The third kappa shape index (κ3) is 4.69. The smallest absolute Gasteiger partial charge is 0.346 e. The van der Waals surface area contributed by atoms with Crippen LogP contribution in [0.25, 0.3) is 0 Å². The van der Waals surface area contributed by atoms with Crippen LogP contribution < -0.4 is 5.32 Å². The number of carbonyl (C=O) groups is 2. The summed E-state index contributed by atoms with van der Waals surface area (Å²) >= 11 is 5.92. The highest BCUT2D eigenvalue weighted by molar-refractivity contribution is 6.30. The Kier molecular flexibility index (Phi) is 6.21. The fourth-order valence-electron chi connectivity index (χ4n) is 3.33. The maximum absolute atomic E-state index is 12.7. The lowest BCUT2D eigenvalue weighted by atomic mass is 9.84. The summed E-state index contributed by atoms with van der Waals surface area (Å²) in [5.74, 6) is -1.83. The molecule has 1 N–H and O–H groups in total. The van der Waals surface area contributed by atoms with Gasteiger partial charge in [0.2, 0.25) is 11.8 Å². The lowest BCUT2D eigenvalue weighted by Gasteiger charge is -2.34. The first-order chi connectivity index (χ1) is 12.1. The van der Waals surface area contributed by atoms with E-state index in [9.17, 15) is 22.8 Å². The number of benzene rings is 1. The maximum atomic E-state index is 12.7. The zero-order valence-electron chi connectivity index (χ0n) is 14.7. The van der Waals surface area contributed by atoms with Crippen LogP contribution in [-0.4, -0.2) is 36.0 Å². The van der Waals surface area contributed by atoms with Gasteiger partial charge in [-0.15, -0.1) is 0 Å². The normalized spacial score (nSPS) is 18.3. The fraction of sp³-hybridized carbons (Fsp3) is 0.556. The molecule has 1 aliphatic rings. The van der Waals surface area contributed by atoms with E-state index in [1.165, 1.54) is 0 Å². The van der Waals surface area contributed by atoms with Crippen LogP contribution in [0.15, 0.2) is 24.3 Å². The second-order valence-corrected chi connectivity index (χ2v) is 7.01. The van der Waals surface area contributed by atoms with Crippen molar-refractivity contribution in [3.63, 3.8) is 0 Å². The van der Waals surface area contributed by atoms with Crippen LogP contribution in [0.3, 0.4) is 0 Å². The molecule has 4 nitrogen and oxygen atoms in total. The van der Waals surface area contributed by atoms with Gasteiger partial charge in [0.25, 0.3) is 0 Å². The molecule has 1 aliphatic heterocycles. The highest BCUT2D eigenvalue weighted by Crippen LogP contribution is 2.31. The molecule has 0 unspecified atom stereocenters. The average molecular weight is 391 g/mol. The lowest BCUT2D eigenvalue weighted by Crippen LogP contribution is -2.48. The number of likely N-dealkylation sites (tertiary alicyclic amines) is 1. The van der Waals surface area contributed by atoms with Crippen molar-refractivity contribution in [2.24, 2.45) is 5.92 Å². The zero-order valence-corrected chi connectivity index (χ0v) is 15.5. The predicted molar refractivity (Wildman–Crippen MR) is 92.6 cm³/mol. The molecule has 0 aromatic heterocycles. The number of amides is 2. The highest BCUT2D eigenvalue weighted by atomic mass is 35.5. The summed E-state index contributed by atoms with van der Waals surface area (Å²) in [5, 5.41) is 3.54. The van der Waals surface area contributed by atoms with Crippen molar-refractivity contribution in [3.05, 3.63) is 34.9 Å². The van der Waals surface area contributed by atoms with E-state index >= 15 is 0 Å². The first-order valence-electron chi connectivity index (χ1n) is 8.53. The van der Waals surface area contributed by atoms with Crippen molar-refractivity contribution < 1.29 is 22.8 Å². The molecule has 1 atom stereocenters. The van der Waals surface area contributed by atoms with Gasteiger partial charge in [-0.3, -0.25) is 9.59 Å². The van der Waals surface area contributed by atoms with Gasteiger partial charge < -0.3 is 10.2 Å². The number of carbonyl (C=O) groups excluding carboxylic acids is 2. The summed E-state index contributed by atoms with van der Waals surface area (Å²) in [6.07, 6.45) is -3.47. The molecule has 2 rings (SSSR count). The summed E-state index contributed by atoms with van der Waals surface area (Å²) in [6.45, 7) is 2.32. The van der Waals surface area contributed by atoms with Gasteiger partial charge in [0.1, 0.15) is 6.54 Å². The topological polar surface area (TPSA) is 49.4 Å². The Morgan fingerprint density at radius 2 is 1.81 bits per heavy atom. The molecule has 1 aromatic carbocycles. The molecule has 1 aromatic rings. The van der Waals surface area contributed by atoms with Crippen LogP contribution in [0, 0.1) is 5.92 Å². The number of hydrogen-bond donors (Lipinski definition) is 1. The molecule has 0 saturated carbocycles. The number of nitrogens with zero attached hydrogens (tertiary/aromatic N) is 1. The van der Waals surface area contributed by atoms with Crippen molar-refractivity contribution in [2.45, 2.75) is 44.8 Å². The van der Waals surface area contributed by atoms with E-state index in [0.717, 1.165) is 5.56 Å². The van der Waals surface area contributed by atoms with Crippen molar-refractivity contribution in [1.29, 1.82) is 0 Å². The van der Waals surface area contributed by atoms with Crippen LogP contribution >= 0.6 is 11.6 Å². The van der Waals surface area contributed by atoms with Gasteiger partial charge in [-0.2, -0.15) is 13.2 Å². The van der Waals surface area contributed by atoms with Crippen LogP contribution in [-0.2, 0) is 15.1 Å². The monoisotopic (exact) mass is 390 g/mol. The number of hydrogen-bond acceptors (Lipinski definition) is 2. The van der Waals surface area contributed by atoms with Crippen molar-refractivity contribution in [3.8, 4) is 0 Å². The number of rotatable bonds is 6. The van der Waals surface area contributed by atoms with Crippen molar-refractivity contribution >= 4 is 23.4 Å². The molecule has 144 valence electrons. The van der Waals surface area contributed by atoms with E-state index in [4.69, 9.17) is 11.6 Å². The number of halogens is 4. The Hall–Kier alpha value is -1.76. The minimum Gasteiger partial charge on any atom is -0.346 e. The second kappa shape index (κ2) is 7.86. The van der Waals surface area contributed by atoms with Crippen molar-refractivity contribution in [2.75, 3.05) is 13.1 Å². The quantitative estimate of drug-likeness (QED) is 0.801. The molecular weight excluding hydrogens is 369 g/mol. The summed E-state index contributed by atoms with van der Waals surface area (Å²) in [5.41, 5.74) is 0.221. The standard InChI is InChI=1S/C18H22ClF3N2O2/c1-3-17(4-2,13-5-7-14(19)8-6-13)23-16(26)12-9-15(25)24(10-12)11-18(20,21)22/h5-8,12H,3-4,9-11H2,1-2H3,(H,23,26)/t12-/m0/s1. The van der Waals surface area contributed by atoms with Gasteiger partial charge in [0.15, 0.2) is 0 Å². The molecular formula is C18H22ClF3N2O2. The molecule has 0 radical (unpaired) electrons. The minimum atomic E-state index is -4.47. The molecule has 0 spiro atoms. The van der Waals surface area contributed by atoms with E-state index in [-0.39, 0.29) is 13.0 Å². The average Bonchev–Trinajstić information content (AvgIpc) is 2.92. The van der Waals surface area contributed by atoms with Gasteiger partial charge in [0.05, 0.1) is 11.5 Å². The van der Waals surface area contributed by atoms with E-state index in [1.54, 1.807) is 12.1 Å². The highest BCUT2D eigenvalue weighted by Gasteiger charge is 2.42. The molecule has 1 fully saturated rings. The Morgan fingerprint density at radius 3 is 2.31 bits per heavy atom. The summed E-state index contributed by atoms with van der Waals surface area (Å²) in [7, 11) is 0. The maximum Gasteiger partial charge on any atom is 0.406 e. The van der Waals surface area contributed by atoms with Gasteiger partial charge >= 0.3 is 6.18 Å². The Labute approximate surface area is 155 Å². The molecule has 1 heterocycles. The summed E-state index contributed by atoms with van der Waals surface area (Å²) in [4.78, 5) is 25.2. The molecule has 0 aliphatic carbocycles. The van der Waals surface area contributed by atoms with Crippen molar-refractivity contribution in [1.82, 2.24) is 10.2 Å². The van der Waals surface area contributed by atoms with Crippen LogP contribution in [0.4, 0.5) is 13.2 Å². The number of nitrogens with one attached hydrogen (secondary N) is 1. The molecule has 26 heavy (non-hydrogen) atoms. The third-order valence-electron chi connectivity index (χ3n) is 4.92. The second-order valence-electron chi connectivity index (χ2n) is 6.58. The summed E-state index contributed by atoms with van der Waals surface area (Å²) < 4.78 is 37.6.